The van der Waals surface area contributed by atoms with E-state index in [0.717, 1.165) is 6.42 Å². The number of carbonyl (C=O) groups is 1. The summed E-state index contributed by atoms with van der Waals surface area (Å²) in [6.45, 7) is 2.92. The molecule has 0 radical (unpaired) electrons. The molecule has 0 rings (SSSR count). The van der Waals surface area contributed by atoms with Crippen LogP contribution in [0.3, 0.4) is 0 Å². The lowest BCUT2D eigenvalue weighted by Crippen LogP contribution is -2.31. The zero-order valence-electron chi connectivity index (χ0n) is 7.95. The number of hydrogen-bond donors (Lipinski definition) is 3. The molecule has 0 aliphatic carbocycles. The maximum atomic E-state index is 10.7. The first kappa shape index (κ1) is 12.3. The minimum absolute atomic E-state index is 0.229. The highest BCUT2D eigenvalue weighted by Gasteiger charge is 2.06. The molecule has 0 unspecified atom stereocenters. The molecule has 0 aromatic carbocycles. The average Bonchev–Trinajstić information content (AvgIpc) is 2.14. The number of rotatable bonds is 7. The van der Waals surface area contributed by atoms with E-state index < -0.39 is 6.10 Å². The summed E-state index contributed by atoms with van der Waals surface area (Å²) in [6.07, 6.45) is 0.958. The molecule has 0 spiro atoms. The molecule has 0 fully saturated rings. The summed E-state index contributed by atoms with van der Waals surface area (Å²) in [6, 6.07) is 0. The number of aliphatic hydroxyl groups is 1. The molecule has 4 N–H and O–H groups in total. The van der Waals surface area contributed by atoms with E-state index in [9.17, 15) is 9.90 Å². The molecule has 5 nitrogen and oxygen atoms in total. The first-order valence-corrected chi connectivity index (χ1v) is 4.46. The van der Waals surface area contributed by atoms with Gasteiger partial charge in [0, 0.05) is 13.0 Å². The maximum Gasteiger partial charge on any atom is 0.233 e. The van der Waals surface area contributed by atoms with Crippen molar-refractivity contribution in [2.45, 2.75) is 32.3 Å². The second-order valence-electron chi connectivity index (χ2n) is 2.83. The maximum absolute atomic E-state index is 10.7. The molecule has 0 bridgehead atoms. The van der Waals surface area contributed by atoms with E-state index >= 15 is 0 Å². The van der Waals surface area contributed by atoms with Gasteiger partial charge in [-0.2, -0.15) is 0 Å². The second kappa shape index (κ2) is 7.97. The summed E-state index contributed by atoms with van der Waals surface area (Å²) in [5, 5.41) is 9.27. The Balaban J connectivity index is 3.29. The second-order valence-corrected chi connectivity index (χ2v) is 2.83. The zero-order chi connectivity index (χ0) is 10.1. The Morgan fingerprint density at radius 3 is 2.92 bits per heavy atom. The molecule has 5 heteroatoms. The molecule has 1 atom stereocenters. The molecule has 0 heterocycles. The van der Waals surface area contributed by atoms with E-state index in [0.29, 0.717) is 13.0 Å². The number of hydrazine groups is 1. The first-order chi connectivity index (χ1) is 6.20. The van der Waals surface area contributed by atoms with Crippen LogP contribution in [0.2, 0.25) is 0 Å². The predicted molar refractivity (Wildman–Crippen MR) is 48.7 cm³/mol. The van der Waals surface area contributed by atoms with Crippen LogP contribution in [0, 0.1) is 0 Å². The van der Waals surface area contributed by atoms with Gasteiger partial charge in [0.15, 0.2) is 0 Å². The Labute approximate surface area is 78.2 Å². The summed E-state index contributed by atoms with van der Waals surface area (Å²) in [5.74, 6) is 4.60. The molecule has 78 valence electrons. The highest BCUT2D eigenvalue weighted by Crippen LogP contribution is 1.97. The molecule has 0 aromatic heterocycles. The third-order valence-electron chi connectivity index (χ3n) is 1.52. The summed E-state index contributed by atoms with van der Waals surface area (Å²) in [4.78, 5) is 10.7. The number of aliphatic hydroxyl groups excluding tert-OH is 1. The van der Waals surface area contributed by atoms with Gasteiger partial charge in [-0.25, -0.2) is 5.84 Å². The fraction of sp³-hybridized carbons (Fsp3) is 0.875. The minimum Gasteiger partial charge on any atom is -0.391 e. The van der Waals surface area contributed by atoms with E-state index in [2.05, 4.69) is 0 Å². The lowest BCUT2D eigenvalue weighted by Gasteiger charge is -2.09. The standard InChI is InChI=1S/C8H18N2O3/c1-2-5-13-6-7(11)3-4-8(12)10-9/h7,11H,2-6,9H2,1H3,(H,10,12)/t7-/m0/s1. The number of amides is 1. The fourth-order valence-electron chi connectivity index (χ4n) is 0.817. The van der Waals surface area contributed by atoms with E-state index in [1.807, 2.05) is 12.3 Å². The Morgan fingerprint density at radius 1 is 1.69 bits per heavy atom. The molecule has 13 heavy (non-hydrogen) atoms. The highest BCUT2D eigenvalue weighted by atomic mass is 16.5. The van der Waals surface area contributed by atoms with Crippen molar-refractivity contribution in [3.05, 3.63) is 0 Å². The summed E-state index contributed by atoms with van der Waals surface area (Å²) in [5.41, 5.74) is 2.00. The van der Waals surface area contributed by atoms with Crippen LogP contribution in [0.4, 0.5) is 0 Å². The van der Waals surface area contributed by atoms with Crippen molar-refractivity contribution in [1.82, 2.24) is 5.43 Å². The number of hydrogen-bond acceptors (Lipinski definition) is 4. The van der Waals surface area contributed by atoms with Gasteiger partial charge >= 0.3 is 0 Å². The Kier molecular flexibility index (Phi) is 7.57. The number of carbonyl (C=O) groups excluding carboxylic acids is 1. The van der Waals surface area contributed by atoms with Gasteiger partial charge in [0.05, 0.1) is 12.7 Å². The highest BCUT2D eigenvalue weighted by molar-refractivity contribution is 5.75. The quantitative estimate of drug-likeness (QED) is 0.219. The Hall–Kier alpha value is -0.650. The first-order valence-electron chi connectivity index (χ1n) is 4.46. The van der Waals surface area contributed by atoms with Crippen LogP contribution in [0.1, 0.15) is 26.2 Å². The van der Waals surface area contributed by atoms with Gasteiger partial charge in [0.25, 0.3) is 0 Å². The number of nitrogens with two attached hydrogens (primary N) is 1. The third-order valence-corrected chi connectivity index (χ3v) is 1.52. The Morgan fingerprint density at radius 2 is 2.38 bits per heavy atom. The van der Waals surface area contributed by atoms with Crippen molar-refractivity contribution >= 4 is 5.91 Å². The molecule has 0 aromatic rings. The van der Waals surface area contributed by atoms with Gasteiger partial charge in [0.2, 0.25) is 5.91 Å². The van der Waals surface area contributed by atoms with Crippen molar-refractivity contribution in [2.24, 2.45) is 5.84 Å². The van der Waals surface area contributed by atoms with Crippen LogP contribution in [-0.4, -0.2) is 30.3 Å². The average molecular weight is 190 g/mol. The molecule has 0 aliphatic rings. The van der Waals surface area contributed by atoms with Crippen LogP contribution in [0.15, 0.2) is 0 Å². The van der Waals surface area contributed by atoms with Gasteiger partial charge in [-0.05, 0) is 12.8 Å². The SMILES string of the molecule is CCCOC[C@@H](O)CCC(=O)NN. The van der Waals surface area contributed by atoms with E-state index in [4.69, 9.17) is 10.6 Å². The minimum atomic E-state index is -0.580. The van der Waals surface area contributed by atoms with Crippen LogP contribution in [0.5, 0.6) is 0 Å². The zero-order valence-corrected chi connectivity index (χ0v) is 7.95. The number of nitrogens with one attached hydrogen (secondary N) is 1. The van der Waals surface area contributed by atoms with Gasteiger partial charge in [-0.15, -0.1) is 0 Å². The van der Waals surface area contributed by atoms with E-state index in [-0.39, 0.29) is 18.9 Å². The van der Waals surface area contributed by atoms with Crippen molar-refractivity contribution in [2.75, 3.05) is 13.2 Å². The smallest absolute Gasteiger partial charge is 0.233 e. The lowest BCUT2D eigenvalue weighted by atomic mass is 10.2. The van der Waals surface area contributed by atoms with Crippen molar-refractivity contribution in [3.8, 4) is 0 Å². The van der Waals surface area contributed by atoms with Crippen LogP contribution >= 0.6 is 0 Å². The molecule has 0 aliphatic heterocycles. The number of ether oxygens (including phenoxy) is 1. The largest absolute Gasteiger partial charge is 0.391 e. The van der Waals surface area contributed by atoms with E-state index in [1.165, 1.54) is 0 Å². The molecule has 1 amide bonds. The summed E-state index contributed by atoms with van der Waals surface area (Å²) in [7, 11) is 0. The van der Waals surface area contributed by atoms with Crippen molar-refractivity contribution < 1.29 is 14.6 Å². The van der Waals surface area contributed by atoms with Crippen LogP contribution in [0.25, 0.3) is 0 Å². The van der Waals surface area contributed by atoms with Crippen LogP contribution in [-0.2, 0) is 9.53 Å². The third kappa shape index (κ3) is 7.70. The normalized spacial score (nSPS) is 12.5. The van der Waals surface area contributed by atoms with Gasteiger partial charge < -0.3 is 9.84 Å². The van der Waals surface area contributed by atoms with Crippen LogP contribution < -0.4 is 11.3 Å². The fourth-order valence-corrected chi connectivity index (χ4v) is 0.817. The summed E-state index contributed by atoms with van der Waals surface area (Å²) < 4.78 is 5.10. The lowest BCUT2D eigenvalue weighted by molar-refractivity contribution is -0.121. The molecular formula is C8H18N2O3. The van der Waals surface area contributed by atoms with Crippen molar-refractivity contribution in [1.29, 1.82) is 0 Å². The van der Waals surface area contributed by atoms with E-state index in [1.54, 1.807) is 0 Å². The Bertz CT molecular complexity index is 141. The predicted octanol–water partition coefficient (Wildman–Crippen LogP) is -0.456. The molecular weight excluding hydrogens is 172 g/mol. The van der Waals surface area contributed by atoms with Crippen molar-refractivity contribution in [3.63, 3.8) is 0 Å². The summed E-state index contributed by atoms with van der Waals surface area (Å²) >= 11 is 0. The monoisotopic (exact) mass is 190 g/mol. The topological polar surface area (TPSA) is 84.6 Å². The van der Waals surface area contributed by atoms with Gasteiger partial charge in [-0.3, -0.25) is 10.2 Å². The molecule has 0 saturated carbocycles. The van der Waals surface area contributed by atoms with Gasteiger partial charge in [0.1, 0.15) is 0 Å². The molecule has 0 saturated heterocycles. The van der Waals surface area contributed by atoms with Gasteiger partial charge in [-0.1, -0.05) is 6.92 Å².